The molecule has 13 heavy (non-hydrogen) atoms. The van der Waals surface area contributed by atoms with Crippen molar-refractivity contribution in [3.05, 3.63) is 29.1 Å². The Bertz CT molecular complexity index is 329. The molecule has 1 saturated carbocycles. The lowest BCUT2D eigenvalue weighted by molar-refractivity contribution is 0.112. The third-order valence-corrected chi connectivity index (χ3v) is 2.45. The largest absolute Gasteiger partial charge is 0.298 e. The maximum absolute atomic E-state index is 10.7. The van der Waals surface area contributed by atoms with Crippen LogP contribution in [0.5, 0.6) is 0 Å². The molecule has 0 N–H and O–H groups in total. The van der Waals surface area contributed by atoms with Gasteiger partial charge in [-0.05, 0) is 43.7 Å². The molecule has 0 bridgehead atoms. The lowest BCUT2D eigenvalue weighted by atomic mass is 10.1. The lowest BCUT2D eigenvalue weighted by Gasteiger charge is -2.02. The van der Waals surface area contributed by atoms with E-state index < -0.39 is 0 Å². The van der Waals surface area contributed by atoms with E-state index in [0.717, 1.165) is 35.4 Å². The number of hydrogen-bond donors (Lipinski definition) is 0. The van der Waals surface area contributed by atoms with E-state index in [-0.39, 0.29) is 0 Å². The first-order valence-electron chi connectivity index (χ1n) is 4.70. The molecular formula is C11H13NO. The minimum atomic E-state index is 0.770. The van der Waals surface area contributed by atoms with Gasteiger partial charge in [0.2, 0.25) is 0 Å². The van der Waals surface area contributed by atoms with Gasteiger partial charge in [-0.1, -0.05) is 0 Å². The number of nitrogens with zero attached hydrogens (tertiary/aromatic N) is 1. The summed E-state index contributed by atoms with van der Waals surface area (Å²) >= 11 is 0. The van der Waals surface area contributed by atoms with Gasteiger partial charge in [0.1, 0.15) is 0 Å². The summed E-state index contributed by atoms with van der Waals surface area (Å²) in [6.45, 7) is 1.96. The van der Waals surface area contributed by atoms with Crippen molar-refractivity contribution < 1.29 is 4.79 Å². The van der Waals surface area contributed by atoms with Crippen LogP contribution in [0.4, 0.5) is 0 Å². The molecule has 1 aromatic heterocycles. The molecule has 0 aliphatic heterocycles. The average molecular weight is 175 g/mol. The van der Waals surface area contributed by atoms with Crippen LogP contribution in [0.25, 0.3) is 0 Å². The second-order valence-corrected chi connectivity index (χ2v) is 3.81. The molecule has 68 valence electrons. The molecule has 0 unspecified atom stereocenters. The SMILES string of the molecule is Cc1cnc(CC2CC2)c(C=O)c1. The highest BCUT2D eigenvalue weighted by atomic mass is 16.1. The number of aromatic nitrogens is 1. The molecule has 0 saturated heterocycles. The molecule has 1 aliphatic carbocycles. The van der Waals surface area contributed by atoms with Gasteiger partial charge in [-0.15, -0.1) is 0 Å². The lowest BCUT2D eigenvalue weighted by Crippen LogP contribution is -1.98. The van der Waals surface area contributed by atoms with Crippen LogP contribution in [0, 0.1) is 12.8 Å². The number of pyridine rings is 1. The van der Waals surface area contributed by atoms with Crippen molar-refractivity contribution in [3.63, 3.8) is 0 Å². The van der Waals surface area contributed by atoms with Crippen LogP contribution in [0.2, 0.25) is 0 Å². The van der Waals surface area contributed by atoms with Crippen molar-refractivity contribution in [3.8, 4) is 0 Å². The van der Waals surface area contributed by atoms with Crippen LogP contribution < -0.4 is 0 Å². The summed E-state index contributed by atoms with van der Waals surface area (Å²) in [5, 5.41) is 0. The maximum Gasteiger partial charge on any atom is 0.151 e. The summed E-state index contributed by atoms with van der Waals surface area (Å²) in [4.78, 5) is 15.0. The van der Waals surface area contributed by atoms with Gasteiger partial charge in [-0.25, -0.2) is 0 Å². The van der Waals surface area contributed by atoms with Gasteiger partial charge >= 0.3 is 0 Å². The van der Waals surface area contributed by atoms with E-state index >= 15 is 0 Å². The van der Waals surface area contributed by atoms with Gasteiger partial charge in [0.05, 0.1) is 5.69 Å². The molecule has 2 heteroatoms. The predicted octanol–water partition coefficient (Wildman–Crippen LogP) is 2.16. The fourth-order valence-electron chi connectivity index (χ4n) is 1.49. The second kappa shape index (κ2) is 3.29. The zero-order chi connectivity index (χ0) is 9.26. The summed E-state index contributed by atoms with van der Waals surface area (Å²) in [5.41, 5.74) is 2.80. The molecule has 2 rings (SSSR count). The van der Waals surface area contributed by atoms with Gasteiger partial charge in [-0.3, -0.25) is 9.78 Å². The zero-order valence-electron chi connectivity index (χ0n) is 7.79. The van der Waals surface area contributed by atoms with Crippen LogP contribution in [-0.2, 0) is 6.42 Å². The quantitative estimate of drug-likeness (QED) is 0.659. The van der Waals surface area contributed by atoms with Crippen LogP contribution in [0.15, 0.2) is 12.3 Å². The molecule has 1 fully saturated rings. The molecule has 0 radical (unpaired) electrons. The summed E-state index contributed by atoms with van der Waals surface area (Å²) in [7, 11) is 0. The zero-order valence-corrected chi connectivity index (χ0v) is 7.79. The summed E-state index contributed by atoms with van der Waals surface area (Å²) in [6.07, 6.45) is 6.33. The summed E-state index contributed by atoms with van der Waals surface area (Å²) in [6, 6.07) is 1.91. The minimum absolute atomic E-state index is 0.770. The Balaban J connectivity index is 2.25. The van der Waals surface area contributed by atoms with E-state index in [1.54, 1.807) is 0 Å². The molecule has 0 aromatic carbocycles. The Hall–Kier alpha value is -1.18. The van der Waals surface area contributed by atoms with Gasteiger partial charge in [-0.2, -0.15) is 0 Å². The summed E-state index contributed by atoms with van der Waals surface area (Å²) in [5.74, 6) is 0.786. The van der Waals surface area contributed by atoms with Crippen molar-refractivity contribution >= 4 is 6.29 Å². The van der Waals surface area contributed by atoms with E-state index in [0.29, 0.717) is 0 Å². The van der Waals surface area contributed by atoms with Gasteiger partial charge in [0.15, 0.2) is 6.29 Å². The average Bonchev–Trinajstić information content (AvgIpc) is 2.92. The molecule has 1 aliphatic rings. The molecule has 1 aromatic rings. The van der Waals surface area contributed by atoms with Gasteiger partial charge in [0, 0.05) is 11.8 Å². The van der Waals surface area contributed by atoms with Gasteiger partial charge < -0.3 is 0 Å². The predicted molar refractivity (Wildman–Crippen MR) is 50.8 cm³/mol. The molecule has 0 amide bonds. The van der Waals surface area contributed by atoms with Crippen molar-refractivity contribution in [2.75, 3.05) is 0 Å². The number of aldehydes is 1. The maximum atomic E-state index is 10.7. The van der Waals surface area contributed by atoms with E-state index in [9.17, 15) is 4.79 Å². The Kier molecular flexibility index (Phi) is 2.13. The van der Waals surface area contributed by atoms with E-state index in [1.807, 2.05) is 19.2 Å². The number of hydrogen-bond acceptors (Lipinski definition) is 2. The van der Waals surface area contributed by atoms with Crippen LogP contribution in [-0.4, -0.2) is 11.3 Å². The van der Waals surface area contributed by atoms with Crippen LogP contribution in [0.1, 0.15) is 34.5 Å². The minimum Gasteiger partial charge on any atom is -0.298 e. The van der Waals surface area contributed by atoms with Crippen molar-refractivity contribution in [2.24, 2.45) is 5.92 Å². The number of rotatable bonds is 3. The van der Waals surface area contributed by atoms with E-state index in [4.69, 9.17) is 0 Å². The Labute approximate surface area is 78.0 Å². The highest BCUT2D eigenvalue weighted by Crippen LogP contribution is 2.32. The highest BCUT2D eigenvalue weighted by Gasteiger charge is 2.23. The fourth-order valence-corrected chi connectivity index (χ4v) is 1.49. The third-order valence-electron chi connectivity index (χ3n) is 2.45. The normalized spacial score (nSPS) is 15.8. The van der Waals surface area contributed by atoms with E-state index in [1.165, 1.54) is 12.8 Å². The van der Waals surface area contributed by atoms with Crippen LogP contribution >= 0.6 is 0 Å². The second-order valence-electron chi connectivity index (χ2n) is 3.81. The Morgan fingerprint density at radius 3 is 3.00 bits per heavy atom. The standard InChI is InChI=1S/C11H13NO/c1-8-4-10(7-13)11(12-6-8)5-9-2-3-9/h4,6-7,9H,2-3,5H2,1H3. The molecule has 2 nitrogen and oxygen atoms in total. The van der Waals surface area contributed by atoms with E-state index in [2.05, 4.69) is 4.98 Å². The molecule has 0 atom stereocenters. The number of aryl methyl sites for hydroxylation is 1. The van der Waals surface area contributed by atoms with Crippen molar-refractivity contribution in [2.45, 2.75) is 26.2 Å². The molecular weight excluding hydrogens is 162 g/mol. The third kappa shape index (κ3) is 1.94. The van der Waals surface area contributed by atoms with Crippen molar-refractivity contribution in [1.82, 2.24) is 4.98 Å². The Morgan fingerprint density at radius 1 is 1.62 bits per heavy atom. The smallest absolute Gasteiger partial charge is 0.151 e. The first-order valence-corrected chi connectivity index (χ1v) is 4.70. The monoisotopic (exact) mass is 175 g/mol. The Morgan fingerprint density at radius 2 is 2.38 bits per heavy atom. The first-order chi connectivity index (χ1) is 6.29. The number of carbonyl (C=O) groups excluding carboxylic acids is 1. The van der Waals surface area contributed by atoms with Crippen molar-refractivity contribution in [1.29, 1.82) is 0 Å². The molecule has 0 spiro atoms. The fraction of sp³-hybridized carbons (Fsp3) is 0.455. The van der Waals surface area contributed by atoms with Gasteiger partial charge in [0.25, 0.3) is 0 Å². The topological polar surface area (TPSA) is 30.0 Å². The highest BCUT2D eigenvalue weighted by molar-refractivity contribution is 5.76. The first kappa shape index (κ1) is 8.42. The van der Waals surface area contributed by atoms with Crippen LogP contribution in [0.3, 0.4) is 0 Å². The molecule has 1 heterocycles. The summed E-state index contributed by atoms with van der Waals surface area (Å²) < 4.78 is 0. The number of carbonyl (C=O) groups is 1.